The summed E-state index contributed by atoms with van der Waals surface area (Å²) >= 11 is 0. The summed E-state index contributed by atoms with van der Waals surface area (Å²) in [7, 11) is 1.62. The van der Waals surface area contributed by atoms with Crippen LogP contribution in [0.2, 0.25) is 0 Å². The fraction of sp³-hybridized carbons (Fsp3) is 0.538. The molecule has 0 fully saturated rings. The second kappa shape index (κ2) is 5.87. The zero-order valence-electron chi connectivity index (χ0n) is 10.2. The van der Waals surface area contributed by atoms with Crippen LogP contribution in [0.25, 0.3) is 0 Å². The monoisotopic (exact) mass is 223 g/mol. The molecule has 0 amide bonds. The second-order valence-electron chi connectivity index (χ2n) is 4.50. The Balaban J connectivity index is 2.74. The van der Waals surface area contributed by atoms with E-state index in [2.05, 4.69) is 13.8 Å². The Bertz CT molecular complexity index is 325. The Morgan fingerprint density at radius 1 is 1.38 bits per heavy atom. The van der Waals surface area contributed by atoms with Gasteiger partial charge in [0.1, 0.15) is 5.75 Å². The minimum absolute atomic E-state index is 0.350. The number of nitrogens with two attached hydrogens (primary N) is 1. The van der Waals surface area contributed by atoms with E-state index in [0.29, 0.717) is 12.3 Å². The lowest BCUT2D eigenvalue weighted by Crippen LogP contribution is -2.27. The minimum Gasteiger partial charge on any atom is -0.497 e. The Hall–Kier alpha value is -1.06. The highest BCUT2D eigenvalue weighted by Gasteiger charge is 2.18. The third-order valence-electron chi connectivity index (χ3n) is 2.61. The van der Waals surface area contributed by atoms with Crippen LogP contribution in [0.5, 0.6) is 5.75 Å². The zero-order valence-corrected chi connectivity index (χ0v) is 10.2. The summed E-state index contributed by atoms with van der Waals surface area (Å²) in [6.45, 7) is 4.14. The van der Waals surface area contributed by atoms with Crippen molar-refractivity contribution in [3.05, 3.63) is 29.8 Å². The standard InChI is InChI=1S/C13H21NO2/c1-9(2)7-12(15)13(14)10-5-4-6-11(8-10)16-3/h4-6,8-9,12-13,15H,7,14H2,1-3H3/t12-,13+/m1/s1. The average molecular weight is 223 g/mol. The highest BCUT2D eigenvalue weighted by atomic mass is 16.5. The van der Waals surface area contributed by atoms with Crippen LogP contribution in [0.15, 0.2) is 24.3 Å². The van der Waals surface area contributed by atoms with Crippen molar-refractivity contribution in [1.82, 2.24) is 0 Å². The molecule has 3 nitrogen and oxygen atoms in total. The van der Waals surface area contributed by atoms with Gasteiger partial charge in [-0.3, -0.25) is 0 Å². The van der Waals surface area contributed by atoms with Crippen LogP contribution in [0, 0.1) is 5.92 Å². The van der Waals surface area contributed by atoms with E-state index in [9.17, 15) is 5.11 Å². The molecule has 3 N–H and O–H groups in total. The van der Waals surface area contributed by atoms with E-state index in [0.717, 1.165) is 11.3 Å². The largest absolute Gasteiger partial charge is 0.497 e. The van der Waals surface area contributed by atoms with Crippen molar-refractivity contribution in [3.63, 3.8) is 0 Å². The summed E-state index contributed by atoms with van der Waals surface area (Å²) in [5.74, 6) is 1.20. The molecule has 0 radical (unpaired) electrons. The Kier molecular flexibility index (Phi) is 4.77. The van der Waals surface area contributed by atoms with Gasteiger partial charge in [0.15, 0.2) is 0 Å². The molecular weight excluding hydrogens is 202 g/mol. The molecule has 0 aromatic heterocycles. The van der Waals surface area contributed by atoms with E-state index >= 15 is 0 Å². The molecule has 0 aliphatic carbocycles. The first-order chi connectivity index (χ1) is 7.54. The number of hydrogen-bond acceptors (Lipinski definition) is 3. The van der Waals surface area contributed by atoms with Crippen molar-refractivity contribution in [3.8, 4) is 5.75 Å². The van der Waals surface area contributed by atoms with Gasteiger partial charge < -0.3 is 15.6 Å². The van der Waals surface area contributed by atoms with E-state index in [4.69, 9.17) is 10.5 Å². The number of aliphatic hydroxyl groups is 1. The first kappa shape index (κ1) is 13.0. The molecule has 0 saturated carbocycles. The van der Waals surface area contributed by atoms with Crippen LogP contribution in [-0.2, 0) is 0 Å². The minimum atomic E-state index is -0.507. The normalized spacial score (nSPS) is 14.9. The number of aliphatic hydroxyl groups excluding tert-OH is 1. The second-order valence-corrected chi connectivity index (χ2v) is 4.50. The lowest BCUT2D eigenvalue weighted by molar-refractivity contribution is 0.121. The molecule has 0 spiro atoms. The number of methoxy groups -OCH3 is 1. The molecule has 1 rings (SSSR count). The van der Waals surface area contributed by atoms with Crippen LogP contribution < -0.4 is 10.5 Å². The van der Waals surface area contributed by atoms with Gasteiger partial charge in [-0.15, -0.1) is 0 Å². The molecule has 1 aromatic rings. The maximum atomic E-state index is 9.94. The van der Waals surface area contributed by atoms with Gasteiger partial charge in [0, 0.05) is 0 Å². The Morgan fingerprint density at radius 2 is 2.06 bits per heavy atom. The predicted molar refractivity (Wildman–Crippen MR) is 65.4 cm³/mol. The molecular formula is C13H21NO2. The van der Waals surface area contributed by atoms with Gasteiger partial charge in [0.05, 0.1) is 19.3 Å². The fourth-order valence-electron chi connectivity index (χ4n) is 1.70. The molecule has 0 unspecified atom stereocenters. The maximum absolute atomic E-state index is 9.94. The molecule has 2 atom stereocenters. The predicted octanol–water partition coefficient (Wildman–Crippen LogP) is 2.10. The summed E-state index contributed by atoms with van der Waals surface area (Å²) in [5.41, 5.74) is 6.91. The van der Waals surface area contributed by atoms with Gasteiger partial charge in [-0.1, -0.05) is 26.0 Å². The average Bonchev–Trinajstić information content (AvgIpc) is 2.27. The van der Waals surface area contributed by atoms with Crippen molar-refractivity contribution < 1.29 is 9.84 Å². The number of hydrogen-bond donors (Lipinski definition) is 2. The molecule has 0 aliphatic heterocycles. The van der Waals surface area contributed by atoms with Crippen LogP contribution >= 0.6 is 0 Å². The highest BCUT2D eigenvalue weighted by Crippen LogP contribution is 2.22. The summed E-state index contributed by atoms with van der Waals surface area (Å²) < 4.78 is 5.13. The van der Waals surface area contributed by atoms with Crippen molar-refractivity contribution >= 4 is 0 Å². The van der Waals surface area contributed by atoms with Crippen molar-refractivity contribution in [2.75, 3.05) is 7.11 Å². The van der Waals surface area contributed by atoms with Crippen molar-refractivity contribution in [2.24, 2.45) is 11.7 Å². The number of rotatable bonds is 5. The van der Waals surface area contributed by atoms with E-state index in [-0.39, 0.29) is 6.04 Å². The number of ether oxygens (including phenoxy) is 1. The quantitative estimate of drug-likeness (QED) is 0.803. The summed E-state index contributed by atoms with van der Waals surface area (Å²) in [6.07, 6.45) is 0.199. The van der Waals surface area contributed by atoms with Gasteiger partial charge in [-0.05, 0) is 30.0 Å². The van der Waals surface area contributed by atoms with Crippen LogP contribution in [0.1, 0.15) is 31.9 Å². The molecule has 0 bridgehead atoms. The van der Waals surface area contributed by atoms with E-state index < -0.39 is 6.10 Å². The molecule has 0 heterocycles. The number of benzene rings is 1. The molecule has 0 aliphatic rings. The van der Waals surface area contributed by atoms with Gasteiger partial charge >= 0.3 is 0 Å². The summed E-state index contributed by atoms with van der Waals surface area (Å²) in [6, 6.07) is 7.18. The first-order valence-electron chi connectivity index (χ1n) is 5.62. The lowest BCUT2D eigenvalue weighted by atomic mass is 9.95. The molecule has 90 valence electrons. The maximum Gasteiger partial charge on any atom is 0.119 e. The summed E-state index contributed by atoms with van der Waals surface area (Å²) in [5, 5.41) is 9.94. The topological polar surface area (TPSA) is 55.5 Å². The van der Waals surface area contributed by atoms with Crippen LogP contribution in [0.3, 0.4) is 0 Å². The molecule has 3 heteroatoms. The van der Waals surface area contributed by atoms with E-state index in [1.807, 2.05) is 24.3 Å². The Morgan fingerprint density at radius 3 is 2.62 bits per heavy atom. The van der Waals surface area contributed by atoms with Crippen molar-refractivity contribution in [2.45, 2.75) is 32.4 Å². The molecule has 16 heavy (non-hydrogen) atoms. The SMILES string of the molecule is COc1cccc([C@H](N)[C@H](O)CC(C)C)c1. The highest BCUT2D eigenvalue weighted by molar-refractivity contribution is 5.30. The van der Waals surface area contributed by atoms with Crippen molar-refractivity contribution in [1.29, 1.82) is 0 Å². The van der Waals surface area contributed by atoms with Gasteiger partial charge in [0.2, 0.25) is 0 Å². The lowest BCUT2D eigenvalue weighted by Gasteiger charge is -2.21. The van der Waals surface area contributed by atoms with Crippen LogP contribution in [0.4, 0.5) is 0 Å². The third kappa shape index (κ3) is 3.51. The van der Waals surface area contributed by atoms with E-state index in [1.54, 1.807) is 7.11 Å². The fourth-order valence-corrected chi connectivity index (χ4v) is 1.70. The van der Waals surface area contributed by atoms with Gasteiger partial charge in [-0.2, -0.15) is 0 Å². The van der Waals surface area contributed by atoms with Gasteiger partial charge in [-0.25, -0.2) is 0 Å². The van der Waals surface area contributed by atoms with Crippen LogP contribution in [-0.4, -0.2) is 18.3 Å². The van der Waals surface area contributed by atoms with E-state index in [1.165, 1.54) is 0 Å². The molecule has 0 saturated heterocycles. The smallest absolute Gasteiger partial charge is 0.119 e. The first-order valence-corrected chi connectivity index (χ1v) is 5.62. The zero-order chi connectivity index (χ0) is 12.1. The third-order valence-corrected chi connectivity index (χ3v) is 2.61. The molecule has 1 aromatic carbocycles. The summed E-state index contributed by atoms with van der Waals surface area (Å²) in [4.78, 5) is 0. The Labute approximate surface area is 97.2 Å². The van der Waals surface area contributed by atoms with Gasteiger partial charge in [0.25, 0.3) is 0 Å².